The van der Waals surface area contributed by atoms with Gasteiger partial charge in [0.05, 0.1) is 11.9 Å². The molecule has 0 saturated carbocycles. The van der Waals surface area contributed by atoms with E-state index in [-0.39, 0.29) is 17.9 Å². The second kappa shape index (κ2) is 6.67. The van der Waals surface area contributed by atoms with Gasteiger partial charge in [-0.15, -0.1) is 0 Å². The van der Waals surface area contributed by atoms with Gasteiger partial charge in [0, 0.05) is 36.6 Å². The molecule has 0 N–H and O–H groups in total. The highest BCUT2D eigenvalue weighted by Gasteiger charge is 2.11. The third-order valence-electron chi connectivity index (χ3n) is 5.12. The van der Waals surface area contributed by atoms with Crippen LogP contribution in [0.5, 0.6) is 0 Å². The molecule has 0 aliphatic heterocycles. The van der Waals surface area contributed by atoms with Gasteiger partial charge in [0.1, 0.15) is 12.1 Å². The lowest BCUT2D eigenvalue weighted by Crippen LogP contribution is -2.21. The number of rotatable bonds is 3. The van der Waals surface area contributed by atoms with E-state index in [1.807, 2.05) is 48.3 Å². The summed E-state index contributed by atoms with van der Waals surface area (Å²) in [6, 6.07) is 14.5. The minimum atomic E-state index is -0.353. The fourth-order valence-electron chi connectivity index (χ4n) is 3.69. The van der Waals surface area contributed by atoms with Gasteiger partial charge in [-0.1, -0.05) is 30.3 Å². The SMILES string of the molecule is Cn1cc2cccc(-c3ccc(Cn4cnc5ncccc5c4=O)c(F)c3)c2c1. The molecule has 0 saturated heterocycles. The van der Waals surface area contributed by atoms with Crippen molar-refractivity contribution in [3.63, 3.8) is 0 Å². The number of hydrogen-bond acceptors (Lipinski definition) is 3. The smallest absolute Gasteiger partial charge is 0.263 e. The van der Waals surface area contributed by atoms with Gasteiger partial charge >= 0.3 is 0 Å². The molecule has 0 bridgehead atoms. The fraction of sp³-hybridized carbons (Fsp3) is 0.0870. The Balaban J connectivity index is 1.54. The van der Waals surface area contributed by atoms with Crippen LogP contribution in [-0.4, -0.2) is 19.1 Å². The van der Waals surface area contributed by atoms with Crippen molar-refractivity contribution in [1.29, 1.82) is 0 Å². The highest BCUT2D eigenvalue weighted by Crippen LogP contribution is 2.30. The van der Waals surface area contributed by atoms with E-state index in [1.54, 1.807) is 24.4 Å². The Labute approximate surface area is 165 Å². The number of aromatic nitrogens is 4. The van der Waals surface area contributed by atoms with Gasteiger partial charge in [-0.2, -0.15) is 0 Å². The van der Waals surface area contributed by atoms with Crippen LogP contribution in [0.15, 0.2) is 78.2 Å². The Morgan fingerprint density at radius 2 is 1.90 bits per heavy atom. The molecule has 0 aliphatic carbocycles. The van der Waals surface area contributed by atoms with E-state index in [0.717, 1.165) is 21.9 Å². The fourth-order valence-corrected chi connectivity index (χ4v) is 3.69. The number of benzene rings is 2. The molecule has 29 heavy (non-hydrogen) atoms. The molecule has 142 valence electrons. The molecule has 5 rings (SSSR count). The molecule has 0 radical (unpaired) electrons. The quantitative estimate of drug-likeness (QED) is 0.470. The molecule has 5 aromatic rings. The van der Waals surface area contributed by atoms with E-state index < -0.39 is 0 Å². The van der Waals surface area contributed by atoms with E-state index in [2.05, 4.69) is 9.97 Å². The summed E-state index contributed by atoms with van der Waals surface area (Å²) in [6.07, 6.45) is 7.07. The number of halogens is 1. The lowest BCUT2D eigenvalue weighted by molar-refractivity contribution is 0.596. The first-order chi connectivity index (χ1) is 14.1. The predicted molar refractivity (Wildman–Crippen MR) is 111 cm³/mol. The van der Waals surface area contributed by atoms with Gasteiger partial charge in [0.2, 0.25) is 0 Å². The standard InChI is InChI=1S/C23H17FN4O/c1-27-11-16-4-2-5-18(20(16)13-27)15-7-8-17(21(24)10-15)12-28-14-26-22-19(23(28)29)6-3-9-25-22/h2-11,13-14H,12H2,1H3. The first-order valence-electron chi connectivity index (χ1n) is 9.24. The molecule has 2 aromatic carbocycles. The summed E-state index contributed by atoms with van der Waals surface area (Å²) in [5.74, 6) is -0.353. The second-order valence-electron chi connectivity index (χ2n) is 7.09. The first-order valence-corrected chi connectivity index (χ1v) is 9.24. The maximum absolute atomic E-state index is 14.9. The molecular weight excluding hydrogens is 367 g/mol. The molecule has 0 unspecified atom stereocenters. The third kappa shape index (κ3) is 2.99. The van der Waals surface area contributed by atoms with Crippen LogP contribution in [0.2, 0.25) is 0 Å². The summed E-state index contributed by atoms with van der Waals surface area (Å²) >= 11 is 0. The van der Waals surface area contributed by atoms with E-state index in [1.165, 1.54) is 17.0 Å². The topological polar surface area (TPSA) is 52.7 Å². The van der Waals surface area contributed by atoms with Crippen LogP contribution < -0.4 is 5.56 Å². The van der Waals surface area contributed by atoms with Crippen molar-refractivity contribution in [2.75, 3.05) is 0 Å². The minimum absolute atomic E-state index is 0.109. The number of hydrogen-bond donors (Lipinski definition) is 0. The number of fused-ring (bicyclic) bond motifs is 2. The summed E-state index contributed by atoms with van der Waals surface area (Å²) < 4.78 is 18.3. The van der Waals surface area contributed by atoms with Crippen molar-refractivity contribution in [3.8, 4) is 11.1 Å². The monoisotopic (exact) mass is 384 g/mol. The molecule has 0 amide bonds. The molecule has 5 nitrogen and oxygen atoms in total. The molecule has 0 spiro atoms. The Bertz CT molecular complexity index is 1430. The van der Waals surface area contributed by atoms with E-state index in [0.29, 0.717) is 16.6 Å². The van der Waals surface area contributed by atoms with E-state index in [4.69, 9.17) is 0 Å². The van der Waals surface area contributed by atoms with Gasteiger partial charge in [0.15, 0.2) is 5.65 Å². The molecule has 3 aromatic heterocycles. The van der Waals surface area contributed by atoms with Gasteiger partial charge < -0.3 is 4.57 Å². The molecule has 0 atom stereocenters. The summed E-state index contributed by atoms with van der Waals surface area (Å²) in [5.41, 5.74) is 2.36. The number of nitrogens with zero attached hydrogens (tertiary/aromatic N) is 4. The van der Waals surface area contributed by atoms with Crippen molar-refractivity contribution >= 4 is 21.8 Å². The number of pyridine rings is 1. The second-order valence-corrected chi connectivity index (χ2v) is 7.09. The zero-order valence-electron chi connectivity index (χ0n) is 15.7. The van der Waals surface area contributed by atoms with Crippen LogP contribution in [-0.2, 0) is 13.6 Å². The third-order valence-corrected chi connectivity index (χ3v) is 5.12. The molecular formula is C23H17FN4O. The average molecular weight is 384 g/mol. The van der Waals surface area contributed by atoms with E-state index >= 15 is 0 Å². The van der Waals surface area contributed by atoms with Crippen molar-refractivity contribution < 1.29 is 4.39 Å². The van der Waals surface area contributed by atoms with Crippen LogP contribution in [0, 0.1) is 5.82 Å². The van der Waals surface area contributed by atoms with Gasteiger partial charge in [-0.05, 0) is 34.7 Å². The minimum Gasteiger partial charge on any atom is -0.356 e. The van der Waals surface area contributed by atoms with Gasteiger partial charge in [-0.25, -0.2) is 14.4 Å². The summed E-state index contributed by atoms with van der Waals surface area (Å²) in [6.45, 7) is 0.109. The zero-order valence-corrected chi connectivity index (χ0v) is 15.7. The van der Waals surface area contributed by atoms with Crippen LogP contribution in [0.1, 0.15) is 5.56 Å². The van der Waals surface area contributed by atoms with Crippen LogP contribution in [0.25, 0.3) is 32.9 Å². The highest BCUT2D eigenvalue weighted by atomic mass is 19.1. The maximum Gasteiger partial charge on any atom is 0.263 e. The Morgan fingerprint density at radius 3 is 2.76 bits per heavy atom. The first kappa shape index (κ1) is 17.3. The van der Waals surface area contributed by atoms with Crippen molar-refractivity contribution in [1.82, 2.24) is 19.1 Å². The van der Waals surface area contributed by atoms with Crippen LogP contribution >= 0.6 is 0 Å². The summed E-state index contributed by atoms with van der Waals surface area (Å²) in [5, 5.41) is 2.60. The van der Waals surface area contributed by atoms with Crippen molar-refractivity contribution in [2.24, 2.45) is 7.05 Å². The predicted octanol–water partition coefficient (Wildman–Crippen LogP) is 4.14. The zero-order chi connectivity index (χ0) is 20.0. The van der Waals surface area contributed by atoms with Crippen LogP contribution in [0.4, 0.5) is 4.39 Å². The lowest BCUT2D eigenvalue weighted by Gasteiger charge is -2.10. The maximum atomic E-state index is 14.9. The van der Waals surface area contributed by atoms with Crippen molar-refractivity contribution in [2.45, 2.75) is 6.54 Å². The lowest BCUT2D eigenvalue weighted by atomic mass is 9.99. The Kier molecular flexibility index (Phi) is 3.98. The molecule has 3 heterocycles. The Hall–Kier alpha value is -3.80. The summed E-state index contributed by atoms with van der Waals surface area (Å²) in [4.78, 5) is 20.9. The molecule has 0 aliphatic rings. The van der Waals surface area contributed by atoms with Crippen molar-refractivity contribution in [3.05, 3.63) is 95.2 Å². The van der Waals surface area contributed by atoms with Gasteiger partial charge in [0.25, 0.3) is 5.56 Å². The van der Waals surface area contributed by atoms with E-state index in [9.17, 15) is 9.18 Å². The average Bonchev–Trinajstić information content (AvgIpc) is 3.12. The molecule has 0 fully saturated rings. The van der Waals surface area contributed by atoms with Gasteiger partial charge in [-0.3, -0.25) is 9.36 Å². The Morgan fingerprint density at radius 1 is 1.00 bits per heavy atom. The number of aryl methyl sites for hydroxylation is 1. The molecule has 6 heteroatoms. The normalized spacial score (nSPS) is 11.4. The largest absolute Gasteiger partial charge is 0.356 e. The highest BCUT2D eigenvalue weighted by molar-refractivity contribution is 5.96. The summed E-state index contributed by atoms with van der Waals surface area (Å²) in [7, 11) is 1.97. The van der Waals surface area contributed by atoms with Crippen LogP contribution in [0.3, 0.4) is 0 Å².